The highest BCUT2D eigenvalue weighted by molar-refractivity contribution is 7.99. The Labute approximate surface area is 145 Å². The number of nitrogens with zero attached hydrogens (tertiary/aromatic N) is 3. The Hall–Kier alpha value is -2.27. The van der Waals surface area contributed by atoms with E-state index in [0.717, 1.165) is 11.8 Å². The van der Waals surface area contributed by atoms with Crippen LogP contribution in [0.25, 0.3) is 0 Å². The summed E-state index contributed by atoms with van der Waals surface area (Å²) in [4.78, 5) is 41.3. The fourth-order valence-corrected chi connectivity index (χ4v) is 2.87. The molecule has 2 rings (SSSR count). The van der Waals surface area contributed by atoms with Gasteiger partial charge >= 0.3 is 5.97 Å². The third-order valence-electron chi connectivity index (χ3n) is 2.61. The average molecular weight is 369 g/mol. The van der Waals surface area contributed by atoms with Crippen molar-refractivity contribution in [2.45, 2.75) is 25.4 Å². The summed E-state index contributed by atoms with van der Waals surface area (Å²) in [6.07, 6.45) is 0.0646. The number of aromatic nitrogens is 4. The highest BCUT2D eigenvalue weighted by atomic mass is 32.2. The van der Waals surface area contributed by atoms with Gasteiger partial charge in [0.25, 0.3) is 5.56 Å². The number of aryl methyl sites for hydroxylation is 1. The van der Waals surface area contributed by atoms with Crippen molar-refractivity contribution in [1.82, 2.24) is 20.2 Å². The lowest BCUT2D eigenvalue weighted by molar-refractivity contribution is -0.142. The first-order valence-electron chi connectivity index (χ1n) is 6.94. The Morgan fingerprint density at radius 2 is 2.21 bits per heavy atom. The molecule has 11 heteroatoms. The van der Waals surface area contributed by atoms with Crippen molar-refractivity contribution < 1.29 is 14.3 Å². The van der Waals surface area contributed by atoms with Crippen molar-refractivity contribution in [1.29, 1.82) is 0 Å². The molecule has 2 heterocycles. The second-order valence-electron chi connectivity index (χ2n) is 4.51. The van der Waals surface area contributed by atoms with Crippen LogP contribution in [0.4, 0.5) is 5.13 Å². The molecule has 0 saturated heterocycles. The highest BCUT2D eigenvalue weighted by Gasteiger charge is 2.11. The van der Waals surface area contributed by atoms with Crippen molar-refractivity contribution in [3.63, 3.8) is 0 Å². The molecule has 0 aliphatic carbocycles. The number of anilines is 1. The first-order valence-corrected chi connectivity index (χ1v) is 8.80. The monoisotopic (exact) mass is 369 g/mol. The molecule has 2 aromatic heterocycles. The number of H-pyrrole nitrogens is 1. The third-order valence-corrected chi connectivity index (χ3v) is 4.28. The summed E-state index contributed by atoms with van der Waals surface area (Å²) >= 11 is 2.27. The van der Waals surface area contributed by atoms with E-state index in [1.165, 1.54) is 11.3 Å². The third kappa shape index (κ3) is 5.42. The fourth-order valence-electron chi connectivity index (χ4n) is 1.54. The SMILES string of the molecule is CCOC(=O)Cc1csc(NC(=O)CSc2nnc(C)c(=O)[nH]2)n1. The molecular weight excluding hydrogens is 354 g/mol. The average Bonchev–Trinajstić information content (AvgIpc) is 2.95. The minimum atomic E-state index is -0.363. The van der Waals surface area contributed by atoms with Crippen LogP contribution in [0.2, 0.25) is 0 Å². The predicted octanol–water partition coefficient (Wildman–Crippen LogP) is 0.766. The fraction of sp³-hybridized carbons (Fsp3) is 0.385. The van der Waals surface area contributed by atoms with Crippen LogP contribution in [0.5, 0.6) is 0 Å². The molecule has 0 radical (unpaired) electrons. The predicted molar refractivity (Wildman–Crippen MR) is 89.2 cm³/mol. The van der Waals surface area contributed by atoms with Gasteiger partial charge < -0.3 is 10.1 Å². The molecule has 0 unspecified atom stereocenters. The molecule has 0 aromatic carbocycles. The van der Waals surface area contributed by atoms with Gasteiger partial charge in [-0.25, -0.2) is 4.98 Å². The Morgan fingerprint density at radius 1 is 1.42 bits per heavy atom. The quantitative estimate of drug-likeness (QED) is 0.541. The minimum absolute atomic E-state index is 0.0421. The second-order valence-corrected chi connectivity index (χ2v) is 6.33. The van der Waals surface area contributed by atoms with Gasteiger partial charge in [-0.3, -0.25) is 19.4 Å². The number of nitrogens with one attached hydrogen (secondary N) is 2. The number of amides is 1. The van der Waals surface area contributed by atoms with Crippen LogP contribution in [0.3, 0.4) is 0 Å². The van der Waals surface area contributed by atoms with Crippen LogP contribution in [-0.2, 0) is 20.7 Å². The number of rotatable bonds is 7. The zero-order valence-electron chi connectivity index (χ0n) is 13.0. The number of aromatic amines is 1. The molecule has 0 aliphatic rings. The maximum Gasteiger partial charge on any atom is 0.311 e. The van der Waals surface area contributed by atoms with Gasteiger partial charge in [0.2, 0.25) is 5.91 Å². The van der Waals surface area contributed by atoms with Crippen molar-refractivity contribution in [3.05, 3.63) is 27.1 Å². The zero-order chi connectivity index (χ0) is 17.5. The van der Waals surface area contributed by atoms with Gasteiger partial charge in [0, 0.05) is 5.38 Å². The number of hydrogen-bond acceptors (Lipinski definition) is 9. The Kier molecular flexibility index (Phi) is 6.44. The number of thiazole rings is 1. The molecule has 0 spiro atoms. The van der Waals surface area contributed by atoms with Crippen LogP contribution >= 0.6 is 23.1 Å². The normalized spacial score (nSPS) is 10.4. The molecule has 0 aliphatic heterocycles. The van der Waals surface area contributed by atoms with E-state index in [9.17, 15) is 14.4 Å². The van der Waals surface area contributed by atoms with Crippen LogP contribution in [0.1, 0.15) is 18.3 Å². The largest absolute Gasteiger partial charge is 0.466 e. The van der Waals surface area contributed by atoms with Gasteiger partial charge in [-0.15, -0.1) is 21.5 Å². The summed E-state index contributed by atoms with van der Waals surface area (Å²) in [5.41, 5.74) is 0.465. The van der Waals surface area contributed by atoms with Gasteiger partial charge in [0.15, 0.2) is 10.3 Å². The molecule has 2 aromatic rings. The molecule has 24 heavy (non-hydrogen) atoms. The summed E-state index contributed by atoms with van der Waals surface area (Å²) in [5, 5.41) is 12.4. The molecule has 128 valence electrons. The number of hydrogen-bond donors (Lipinski definition) is 2. The van der Waals surface area contributed by atoms with Crippen LogP contribution < -0.4 is 10.9 Å². The van der Waals surface area contributed by atoms with Gasteiger partial charge in [-0.2, -0.15) is 0 Å². The summed E-state index contributed by atoms with van der Waals surface area (Å²) in [6, 6.07) is 0. The lowest BCUT2D eigenvalue weighted by atomic mass is 10.3. The number of carbonyl (C=O) groups is 2. The van der Waals surface area contributed by atoms with Crippen molar-refractivity contribution in [2.24, 2.45) is 0 Å². The van der Waals surface area contributed by atoms with Crippen molar-refractivity contribution in [2.75, 3.05) is 17.7 Å². The van der Waals surface area contributed by atoms with Gasteiger partial charge in [0.1, 0.15) is 5.69 Å². The van der Waals surface area contributed by atoms with E-state index < -0.39 is 0 Å². The summed E-state index contributed by atoms with van der Waals surface area (Å²) in [6.45, 7) is 3.59. The topological polar surface area (TPSA) is 127 Å². The van der Waals surface area contributed by atoms with Crippen LogP contribution in [0, 0.1) is 6.92 Å². The Morgan fingerprint density at radius 3 is 2.92 bits per heavy atom. The highest BCUT2D eigenvalue weighted by Crippen LogP contribution is 2.17. The standard InChI is InChI=1S/C13H15N5O4S2/c1-3-22-10(20)4-8-5-23-12(14-8)15-9(19)6-24-13-16-11(21)7(2)17-18-13/h5H,3-4,6H2,1-2H3,(H,14,15,19)(H,16,18,21). The number of carbonyl (C=O) groups excluding carboxylic acids is 2. The van der Waals surface area contributed by atoms with Crippen molar-refractivity contribution in [3.8, 4) is 0 Å². The lowest BCUT2D eigenvalue weighted by Crippen LogP contribution is -2.17. The number of esters is 1. The molecule has 0 saturated carbocycles. The van der Waals surface area contributed by atoms with Crippen LogP contribution in [0.15, 0.2) is 15.3 Å². The molecule has 0 atom stereocenters. The molecule has 2 N–H and O–H groups in total. The number of thioether (sulfide) groups is 1. The van der Waals surface area contributed by atoms with E-state index in [-0.39, 0.29) is 40.5 Å². The Balaban J connectivity index is 1.84. The van der Waals surface area contributed by atoms with E-state index >= 15 is 0 Å². The summed E-state index contributed by atoms with van der Waals surface area (Å²) in [5.74, 6) is -0.626. The van der Waals surface area contributed by atoms with Crippen LogP contribution in [-0.4, -0.2) is 44.4 Å². The lowest BCUT2D eigenvalue weighted by Gasteiger charge is -2.01. The molecule has 0 fully saturated rings. The molecule has 9 nitrogen and oxygen atoms in total. The first-order chi connectivity index (χ1) is 11.5. The number of ether oxygens (including phenoxy) is 1. The van der Waals surface area contributed by atoms with E-state index in [1.807, 2.05) is 0 Å². The zero-order valence-corrected chi connectivity index (χ0v) is 14.6. The molecular formula is C13H15N5O4S2. The maximum absolute atomic E-state index is 11.9. The van der Waals surface area contributed by atoms with Crippen molar-refractivity contribution >= 4 is 40.1 Å². The maximum atomic E-state index is 11.9. The van der Waals surface area contributed by atoms with Gasteiger partial charge in [0.05, 0.1) is 24.5 Å². The second kappa shape index (κ2) is 8.55. The molecule has 1 amide bonds. The van der Waals surface area contributed by atoms with Gasteiger partial charge in [-0.05, 0) is 13.8 Å². The van der Waals surface area contributed by atoms with E-state index in [2.05, 4.69) is 25.5 Å². The molecule has 0 bridgehead atoms. The van der Waals surface area contributed by atoms with E-state index in [4.69, 9.17) is 4.74 Å². The Bertz CT molecular complexity index is 789. The van der Waals surface area contributed by atoms with E-state index in [1.54, 1.807) is 19.2 Å². The minimum Gasteiger partial charge on any atom is -0.466 e. The first kappa shape index (κ1) is 18.1. The summed E-state index contributed by atoms with van der Waals surface area (Å²) in [7, 11) is 0. The smallest absolute Gasteiger partial charge is 0.311 e. The summed E-state index contributed by atoms with van der Waals surface area (Å²) < 4.78 is 4.83. The van der Waals surface area contributed by atoms with Gasteiger partial charge in [-0.1, -0.05) is 11.8 Å². The van der Waals surface area contributed by atoms with E-state index in [0.29, 0.717) is 17.4 Å².